The highest BCUT2D eigenvalue weighted by Gasteiger charge is 2.51. The number of carbonyl (C=O) groups is 4. The maximum absolute atomic E-state index is 12.8. The molecule has 2 saturated heterocycles. The Labute approximate surface area is 171 Å². The fourth-order valence-electron chi connectivity index (χ4n) is 4.30. The van der Waals surface area contributed by atoms with Gasteiger partial charge in [-0.3, -0.25) is 14.5 Å². The van der Waals surface area contributed by atoms with Gasteiger partial charge in [0.25, 0.3) is 5.91 Å². The van der Waals surface area contributed by atoms with Gasteiger partial charge in [0.15, 0.2) is 0 Å². The lowest BCUT2D eigenvalue weighted by Crippen LogP contribution is -2.51. The van der Waals surface area contributed by atoms with Crippen molar-refractivity contribution < 1.29 is 23.9 Å². The molecule has 2 heterocycles. The molecule has 162 valence electrons. The lowest BCUT2D eigenvalue weighted by Gasteiger charge is -2.33. The molecule has 0 aromatic rings. The Morgan fingerprint density at radius 1 is 1.14 bits per heavy atom. The van der Waals surface area contributed by atoms with E-state index in [4.69, 9.17) is 4.74 Å². The summed E-state index contributed by atoms with van der Waals surface area (Å²) in [5.41, 5.74) is -1.36. The normalized spacial score (nSPS) is 22.6. The number of rotatable bonds is 3. The first-order valence-electron chi connectivity index (χ1n) is 10.5. The third-order valence-electron chi connectivity index (χ3n) is 5.81. The van der Waals surface area contributed by atoms with Crippen LogP contribution in [0.4, 0.5) is 9.59 Å². The van der Waals surface area contributed by atoms with Gasteiger partial charge in [0.1, 0.15) is 17.7 Å². The van der Waals surface area contributed by atoms with Crippen molar-refractivity contribution in [3.05, 3.63) is 0 Å². The molecule has 2 aliphatic heterocycles. The van der Waals surface area contributed by atoms with Gasteiger partial charge in [0, 0.05) is 19.1 Å². The van der Waals surface area contributed by atoms with E-state index in [1.165, 1.54) is 0 Å². The second kappa shape index (κ2) is 8.20. The Bertz CT molecular complexity index is 673. The van der Waals surface area contributed by atoms with Gasteiger partial charge in [-0.05, 0) is 46.5 Å². The summed E-state index contributed by atoms with van der Waals surface area (Å²) in [6.07, 6.45) is 4.92. The Morgan fingerprint density at radius 3 is 2.34 bits per heavy atom. The number of urea groups is 1. The van der Waals surface area contributed by atoms with Gasteiger partial charge < -0.3 is 20.3 Å². The molecule has 0 unspecified atom stereocenters. The van der Waals surface area contributed by atoms with Crippen molar-refractivity contribution in [1.82, 2.24) is 20.4 Å². The first kappa shape index (κ1) is 21.4. The summed E-state index contributed by atoms with van der Waals surface area (Å²) in [7, 11) is 0. The fourth-order valence-corrected chi connectivity index (χ4v) is 4.30. The second-order valence-corrected chi connectivity index (χ2v) is 9.27. The van der Waals surface area contributed by atoms with Crippen LogP contribution < -0.4 is 10.6 Å². The SMILES string of the molecule is CC(C)(C)OC(=O)NC1CCN(C(=O)CN2C(=O)NC3(CCCCC3)C2=O)CC1. The van der Waals surface area contributed by atoms with E-state index in [1.807, 2.05) is 0 Å². The average Bonchev–Trinajstić information content (AvgIpc) is 2.85. The molecule has 0 aromatic carbocycles. The van der Waals surface area contributed by atoms with Crippen LogP contribution in [-0.4, -0.2) is 70.6 Å². The summed E-state index contributed by atoms with van der Waals surface area (Å²) in [6, 6.07) is -0.525. The minimum atomic E-state index is -0.806. The van der Waals surface area contributed by atoms with E-state index < -0.39 is 23.3 Å². The zero-order valence-corrected chi connectivity index (χ0v) is 17.6. The molecular weight excluding hydrogens is 376 g/mol. The number of likely N-dealkylation sites (tertiary alicyclic amines) is 1. The molecule has 1 spiro atoms. The van der Waals surface area contributed by atoms with Gasteiger partial charge in [-0.25, -0.2) is 9.59 Å². The Hall–Kier alpha value is -2.32. The second-order valence-electron chi connectivity index (χ2n) is 9.27. The van der Waals surface area contributed by atoms with Crippen LogP contribution in [0.15, 0.2) is 0 Å². The van der Waals surface area contributed by atoms with Crippen molar-refractivity contribution in [3.63, 3.8) is 0 Å². The molecule has 0 bridgehead atoms. The number of alkyl carbamates (subject to hydrolysis) is 1. The van der Waals surface area contributed by atoms with Crippen LogP contribution >= 0.6 is 0 Å². The van der Waals surface area contributed by atoms with Crippen molar-refractivity contribution in [2.75, 3.05) is 19.6 Å². The average molecular weight is 408 g/mol. The third-order valence-corrected chi connectivity index (χ3v) is 5.81. The predicted octanol–water partition coefficient (Wildman–Crippen LogP) is 1.76. The van der Waals surface area contributed by atoms with Crippen LogP contribution in [0, 0.1) is 0 Å². The molecule has 2 N–H and O–H groups in total. The Kier molecular flexibility index (Phi) is 6.05. The van der Waals surface area contributed by atoms with Crippen molar-refractivity contribution in [3.8, 4) is 0 Å². The third kappa shape index (κ3) is 5.00. The maximum atomic E-state index is 12.8. The summed E-state index contributed by atoms with van der Waals surface area (Å²) in [4.78, 5) is 52.4. The molecular formula is C20H32N4O5. The molecule has 3 aliphatic rings. The molecule has 3 rings (SSSR count). The quantitative estimate of drug-likeness (QED) is 0.692. The molecule has 0 atom stereocenters. The number of nitrogens with zero attached hydrogens (tertiary/aromatic N) is 2. The largest absolute Gasteiger partial charge is 0.444 e. The molecule has 0 aromatic heterocycles. The van der Waals surface area contributed by atoms with E-state index in [0.29, 0.717) is 38.8 Å². The number of ether oxygens (including phenoxy) is 1. The standard InChI is InChI=1S/C20H32N4O5/c1-19(2,3)29-18(28)21-14-7-11-23(12-8-14)15(25)13-24-16(26)20(22-17(24)27)9-5-4-6-10-20/h14H,4-13H2,1-3H3,(H,21,28)(H,22,27). The van der Waals surface area contributed by atoms with Gasteiger partial charge in [0.2, 0.25) is 5.91 Å². The highest BCUT2D eigenvalue weighted by atomic mass is 16.6. The minimum Gasteiger partial charge on any atom is -0.444 e. The van der Waals surface area contributed by atoms with Crippen LogP contribution in [0.2, 0.25) is 0 Å². The molecule has 5 amide bonds. The number of hydrogen-bond donors (Lipinski definition) is 2. The van der Waals surface area contributed by atoms with Crippen LogP contribution in [0.1, 0.15) is 65.7 Å². The number of piperidine rings is 1. The number of imide groups is 1. The summed E-state index contributed by atoms with van der Waals surface area (Å²) in [5, 5.41) is 5.66. The molecule has 3 fully saturated rings. The van der Waals surface area contributed by atoms with Gasteiger partial charge in [-0.1, -0.05) is 19.3 Å². The summed E-state index contributed by atoms with van der Waals surface area (Å²) in [6.45, 7) is 6.13. The van der Waals surface area contributed by atoms with Crippen LogP contribution in [0.5, 0.6) is 0 Å². The molecule has 9 nitrogen and oxygen atoms in total. The van der Waals surface area contributed by atoms with E-state index in [9.17, 15) is 19.2 Å². The van der Waals surface area contributed by atoms with Crippen molar-refractivity contribution in [2.45, 2.75) is 82.9 Å². The zero-order chi connectivity index (χ0) is 21.2. The fraction of sp³-hybridized carbons (Fsp3) is 0.800. The minimum absolute atomic E-state index is 0.0591. The lowest BCUT2D eigenvalue weighted by molar-refractivity contribution is -0.140. The molecule has 1 saturated carbocycles. The van der Waals surface area contributed by atoms with E-state index >= 15 is 0 Å². The Morgan fingerprint density at radius 2 is 1.76 bits per heavy atom. The molecule has 9 heteroatoms. The first-order chi connectivity index (χ1) is 13.6. The van der Waals surface area contributed by atoms with Crippen LogP contribution in [-0.2, 0) is 14.3 Å². The topological polar surface area (TPSA) is 108 Å². The van der Waals surface area contributed by atoms with Crippen LogP contribution in [0.25, 0.3) is 0 Å². The molecule has 29 heavy (non-hydrogen) atoms. The summed E-state index contributed by atoms with van der Waals surface area (Å²) < 4.78 is 5.26. The maximum Gasteiger partial charge on any atom is 0.407 e. The predicted molar refractivity (Wildman–Crippen MR) is 105 cm³/mol. The lowest BCUT2D eigenvalue weighted by atomic mass is 9.82. The Balaban J connectivity index is 1.48. The highest BCUT2D eigenvalue weighted by Crippen LogP contribution is 2.33. The zero-order valence-electron chi connectivity index (χ0n) is 17.6. The summed E-state index contributed by atoms with van der Waals surface area (Å²) >= 11 is 0. The number of hydrogen-bond acceptors (Lipinski definition) is 5. The van der Waals surface area contributed by atoms with E-state index in [2.05, 4.69) is 10.6 Å². The van der Waals surface area contributed by atoms with Gasteiger partial charge >= 0.3 is 12.1 Å². The molecule has 0 radical (unpaired) electrons. The number of carbonyl (C=O) groups excluding carboxylic acids is 4. The smallest absolute Gasteiger partial charge is 0.407 e. The highest BCUT2D eigenvalue weighted by molar-refractivity contribution is 6.09. The molecule has 1 aliphatic carbocycles. The van der Waals surface area contributed by atoms with Crippen molar-refractivity contribution in [1.29, 1.82) is 0 Å². The van der Waals surface area contributed by atoms with E-state index in [-0.39, 0.29) is 24.4 Å². The van der Waals surface area contributed by atoms with Gasteiger partial charge in [-0.15, -0.1) is 0 Å². The first-order valence-corrected chi connectivity index (χ1v) is 10.5. The van der Waals surface area contributed by atoms with E-state index in [0.717, 1.165) is 24.2 Å². The van der Waals surface area contributed by atoms with Crippen molar-refractivity contribution >= 4 is 23.9 Å². The van der Waals surface area contributed by atoms with Gasteiger partial charge in [-0.2, -0.15) is 0 Å². The van der Waals surface area contributed by atoms with E-state index in [1.54, 1.807) is 25.7 Å². The monoisotopic (exact) mass is 408 g/mol. The summed E-state index contributed by atoms with van der Waals surface area (Å²) in [5.74, 6) is -0.505. The number of nitrogens with one attached hydrogen (secondary N) is 2. The van der Waals surface area contributed by atoms with Gasteiger partial charge in [0.05, 0.1) is 0 Å². The van der Waals surface area contributed by atoms with Crippen LogP contribution in [0.3, 0.4) is 0 Å². The number of amides is 5. The van der Waals surface area contributed by atoms with Crippen molar-refractivity contribution in [2.24, 2.45) is 0 Å².